The first-order valence-electron chi connectivity index (χ1n) is 11.0. The van der Waals surface area contributed by atoms with Gasteiger partial charge in [0.1, 0.15) is 5.60 Å². The molecule has 32 heavy (non-hydrogen) atoms. The third-order valence-electron chi connectivity index (χ3n) is 5.91. The second kappa shape index (κ2) is 9.75. The van der Waals surface area contributed by atoms with Gasteiger partial charge in [0.2, 0.25) is 5.91 Å². The molecule has 1 heterocycles. The number of benzene rings is 3. The number of nitrogens with zero attached hydrogens (tertiary/aromatic N) is 1. The topological polar surface area (TPSA) is 46.6 Å². The number of likely N-dealkylation sites (tertiary alicyclic amines) is 1. The van der Waals surface area contributed by atoms with Crippen LogP contribution in [-0.4, -0.2) is 29.4 Å². The molecule has 1 aliphatic rings. The fourth-order valence-corrected chi connectivity index (χ4v) is 4.42. The van der Waals surface area contributed by atoms with Crippen LogP contribution in [0.3, 0.4) is 0 Å². The molecular formula is C28H27NO3. The van der Waals surface area contributed by atoms with Crippen molar-refractivity contribution in [3.05, 3.63) is 120 Å². The van der Waals surface area contributed by atoms with Crippen LogP contribution < -0.4 is 0 Å². The molecule has 0 radical (unpaired) electrons. The molecule has 4 rings (SSSR count). The smallest absolute Gasteiger partial charge is 0.253 e. The van der Waals surface area contributed by atoms with E-state index in [0.29, 0.717) is 12.8 Å². The first-order chi connectivity index (χ1) is 15.7. The van der Waals surface area contributed by atoms with Crippen molar-refractivity contribution in [2.45, 2.75) is 31.4 Å². The van der Waals surface area contributed by atoms with Gasteiger partial charge >= 0.3 is 0 Å². The summed E-state index contributed by atoms with van der Waals surface area (Å²) in [5, 5.41) is 0. The summed E-state index contributed by atoms with van der Waals surface area (Å²) in [5.74, 6) is -0.431. The van der Waals surface area contributed by atoms with Gasteiger partial charge in [-0.05, 0) is 36.1 Å². The molecule has 4 nitrogen and oxygen atoms in total. The predicted molar refractivity (Wildman–Crippen MR) is 125 cm³/mol. The molecule has 3 aromatic carbocycles. The van der Waals surface area contributed by atoms with Gasteiger partial charge in [-0.15, -0.1) is 0 Å². The minimum absolute atomic E-state index is 0.147. The molecule has 1 saturated heterocycles. The Labute approximate surface area is 189 Å². The first kappa shape index (κ1) is 21.7. The Morgan fingerprint density at radius 3 is 1.81 bits per heavy atom. The lowest BCUT2D eigenvalue weighted by atomic mass is 9.80. The number of rotatable bonds is 7. The van der Waals surface area contributed by atoms with Gasteiger partial charge in [0.25, 0.3) is 5.91 Å². The lowest BCUT2D eigenvalue weighted by molar-refractivity contribution is -0.142. The van der Waals surface area contributed by atoms with Crippen molar-refractivity contribution in [3.8, 4) is 0 Å². The summed E-state index contributed by atoms with van der Waals surface area (Å²) in [6, 6.07) is 30.0. The summed E-state index contributed by atoms with van der Waals surface area (Å²) in [5.41, 5.74) is 2.11. The van der Waals surface area contributed by atoms with Crippen molar-refractivity contribution >= 4 is 11.8 Å². The molecule has 0 bridgehead atoms. The zero-order valence-corrected chi connectivity index (χ0v) is 18.2. The minimum Gasteiger partial charge on any atom is -0.359 e. The molecule has 3 aromatic rings. The second-order valence-electron chi connectivity index (χ2n) is 7.88. The van der Waals surface area contributed by atoms with E-state index >= 15 is 0 Å². The number of carbonyl (C=O) groups excluding carboxylic acids is 2. The average Bonchev–Trinajstić information content (AvgIpc) is 3.22. The van der Waals surface area contributed by atoms with Gasteiger partial charge in [0.15, 0.2) is 0 Å². The summed E-state index contributed by atoms with van der Waals surface area (Å²) in [6.07, 6.45) is 4.05. The van der Waals surface area contributed by atoms with Crippen LogP contribution in [0.15, 0.2) is 103 Å². The lowest BCUT2D eigenvalue weighted by Gasteiger charge is -2.37. The van der Waals surface area contributed by atoms with Crippen LogP contribution in [0.25, 0.3) is 0 Å². The van der Waals surface area contributed by atoms with Crippen molar-refractivity contribution in [1.29, 1.82) is 0 Å². The van der Waals surface area contributed by atoms with E-state index in [9.17, 15) is 9.59 Å². The molecule has 0 N–H and O–H groups in total. The monoisotopic (exact) mass is 425 g/mol. The van der Waals surface area contributed by atoms with Crippen LogP contribution in [-0.2, 0) is 19.9 Å². The first-order valence-corrected chi connectivity index (χ1v) is 11.0. The van der Waals surface area contributed by atoms with Gasteiger partial charge in [-0.2, -0.15) is 0 Å². The molecule has 1 fully saturated rings. The normalized spacial score (nSPS) is 16.6. The molecule has 0 spiro atoms. The maximum atomic E-state index is 12.6. The third-order valence-corrected chi connectivity index (χ3v) is 5.91. The predicted octanol–water partition coefficient (Wildman–Crippen LogP) is 5.09. The molecule has 2 amide bonds. The number of allylic oxidation sites excluding steroid dienone is 1. The highest BCUT2D eigenvalue weighted by atomic mass is 16.5. The van der Waals surface area contributed by atoms with Gasteiger partial charge < -0.3 is 4.74 Å². The number of hydrogen-bond acceptors (Lipinski definition) is 3. The van der Waals surface area contributed by atoms with Crippen molar-refractivity contribution in [2.75, 3.05) is 6.61 Å². The quantitative estimate of drug-likeness (QED) is 0.391. The van der Waals surface area contributed by atoms with E-state index in [1.165, 1.54) is 11.0 Å². The Hall–Kier alpha value is -3.50. The highest BCUT2D eigenvalue weighted by Crippen LogP contribution is 2.41. The highest BCUT2D eigenvalue weighted by Gasteiger charge is 2.41. The maximum absolute atomic E-state index is 12.6. The largest absolute Gasteiger partial charge is 0.359 e. The Kier molecular flexibility index (Phi) is 6.62. The van der Waals surface area contributed by atoms with E-state index < -0.39 is 5.60 Å². The van der Waals surface area contributed by atoms with E-state index in [2.05, 4.69) is 36.4 Å². The molecule has 0 aliphatic carbocycles. The van der Waals surface area contributed by atoms with E-state index in [1.54, 1.807) is 13.0 Å². The lowest BCUT2D eigenvalue weighted by Crippen LogP contribution is -2.43. The molecular weight excluding hydrogens is 398 g/mol. The van der Waals surface area contributed by atoms with E-state index in [1.807, 2.05) is 54.6 Å². The van der Waals surface area contributed by atoms with Crippen LogP contribution in [0.5, 0.6) is 0 Å². The maximum Gasteiger partial charge on any atom is 0.253 e. The van der Waals surface area contributed by atoms with E-state index in [-0.39, 0.29) is 24.5 Å². The fraction of sp³-hybridized carbons (Fsp3) is 0.214. The Morgan fingerprint density at radius 1 is 0.906 bits per heavy atom. The summed E-state index contributed by atoms with van der Waals surface area (Å²) in [6.45, 7) is 2.02. The third kappa shape index (κ3) is 4.14. The van der Waals surface area contributed by atoms with Crippen molar-refractivity contribution in [1.82, 2.24) is 4.90 Å². The van der Waals surface area contributed by atoms with E-state index in [0.717, 1.165) is 16.7 Å². The van der Waals surface area contributed by atoms with Crippen LogP contribution >= 0.6 is 0 Å². The summed E-state index contributed by atoms with van der Waals surface area (Å²) in [4.78, 5) is 26.4. The highest BCUT2D eigenvalue weighted by molar-refractivity contribution is 6.02. The van der Waals surface area contributed by atoms with Gasteiger partial charge in [-0.25, -0.2) is 0 Å². The number of carbonyl (C=O) groups is 2. The average molecular weight is 426 g/mol. The molecule has 0 unspecified atom stereocenters. The van der Waals surface area contributed by atoms with Gasteiger partial charge in [0.05, 0.1) is 12.6 Å². The summed E-state index contributed by atoms with van der Waals surface area (Å²) < 4.78 is 6.81. The summed E-state index contributed by atoms with van der Waals surface area (Å²) >= 11 is 0. The zero-order chi connectivity index (χ0) is 22.4. The Morgan fingerprint density at radius 2 is 1.38 bits per heavy atom. The second-order valence-corrected chi connectivity index (χ2v) is 7.88. The summed E-state index contributed by atoms with van der Waals surface area (Å²) in [7, 11) is 0. The SMILES string of the molecule is C/C=C/C(=O)N1C(=O)CC[C@H]1COC(c1ccccc1)(c1ccccc1)c1ccccc1. The number of ether oxygens (including phenoxy) is 1. The zero-order valence-electron chi connectivity index (χ0n) is 18.2. The van der Waals surface area contributed by atoms with Crippen LogP contribution in [0.2, 0.25) is 0 Å². The fourth-order valence-electron chi connectivity index (χ4n) is 4.42. The number of imide groups is 1. The van der Waals surface area contributed by atoms with E-state index in [4.69, 9.17) is 4.74 Å². The van der Waals surface area contributed by atoms with Crippen LogP contribution in [0.1, 0.15) is 36.5 Å². The van der Waals surface area contributed by atoms with Crippen LogP contribution in [0, 0.1) is 0 Å². The van der Waals surface area contributed by atoms with Gasteiger partial charge in [-0.3, -0.25) is 14.5 Å². The van der Waals surface area contributed by atoms with Crippen LogP contribution in [0.4, 0.5) is 0 Å². The molecule has 4 heteroatoms. The number of hydrogen-bond donors (Lipinski definition) is 0. The standard InChI is InChI=1S/C28H27NO3/c1-2-12-26(30)29-25(19-20-27(29)31)21-32-28(22-13-6-3-7-14-22,23-15-8-4-9-16-23)24-17-10-5-11-18-24/h2-18,25H,19-21H2,1H3/b12-2+/t25-/m0/s1. The minimum atomic E-state index is -0.870. The molecule has 1 atom stereocenters. The Balaban J connectivity index is 1.78. The molecule has 162 valence electrons. The molecule has 0 saturated carbocycles. The number of amides is 2. The Bertz CT molecular complexity index is 981. The van der Waals surface area contributed by atoms with Crippen molar-refractivity contribution in [2.24, 2.45) is 0 Å². The molecule has 0 aromatic heterocycles. The van der Waals surface area contributed by atoms with Crippen molar-refractivity contribution < 1.29 is 14.3 Å². The van der Waals surface area contributed by atoms with Crippen molar-refractivity contribution in [3.63, 3.8) is 0 Å². The van der Waals surface area contributed by atoms with Gasteiger partial charge in [0, 0.05) is 6.42 Å². The molecule has 1 aliphatic heterocycles. The van der Waals surface area contributed by atoms with Gasteiger partial charge in [-0.1, -0.05) is 97.1 Å².